The van der Waals surface area contributed by atoms with Crippen LogP contribution in [0, 0.1) is 0 Å². The smallest absolute Gasteiger partial charge is 0.266 e. The van der Waals surface area contributed by atoms with E-state index in [2.05, 4.69) is 20.4 Å². The van der Waals surface area contributed by atoms with Gasteiger partial charge in [-0.05, 0) is 36.2 Å². The predicted octanol–water partition coefficient (Wildman–Crippen LogP) is 1.80. The summed E-state index contributed by atoms with van der Waals surface area (Å²) in [7, 11) is 0. The van der Waals surface area contributed by atoms with Gasteiger partial charge in [0.25, 0.3) is 5.56 Å². The minimum absolute atomic E-state index is 0.0628. The van der Waals surface area contributed by atoms with E-state index in [0.717, 1.165) is 11.1 Å². The van der Waals surface area contributed by atoms with Gasteiger partial charge in [-0.1, -0.05) is 6.07 Å². The van der Waals surface area contributed by atoms with Crippen molar-refractivity contribution in [3.63, 3.8) is 0 Å². The molecule has 0 atom stereocenters. The second-order valence-corrected chi connectivity index (χ2v) is 5.76. The Morgan fingerprint density at radius 3 is 2.65 bits per heavy atom. The molecule has 0 aliphatic carbocycles. The molecule has 0 fully saturated rings. The zero-order chi connectivity index (χ0) is 18.2. The fraction of sp³-hybridized carbons (Fsp3) is 0.211. The molecular weight excluding hydrogens is 330 g/mol. The molecule has 0 aliphatic rings. The van der Waals surface area contributed by atoms with Gasteiger partial charge in [-0.2, -0.15) is 5.10 Å². The molecule has 0 radical (unpaired) electrons. The van der Waals surface area contributed by atoms with Crippen molar-refractivity contribution in [2.24, 2.45) is 0 Å². The summed E-state index contributed by atoms with van der Waals surface area (Å²) in [6.45, 7) is 0.834. The maximum absolute atomic E-state index is 12.0. The van der Waals surface area contributed by atoms with E-state index in [9.17, 15) is 9.59 Å². The van der Waals surface area contributed by atoms with E-state index >= 15 is 0 Å². The molecule has 132 valence electrons. The zero-order valence-corrected chi connectivity index (χ0v) is 14.2. The van der Waals surface area contributed by atoms with Crippen LogP contribution in [0.4, 0.5) is 0 Å². The van der Waals surface area contributed by atoms with Gasteiger partial charge in [-0.3, -0.25) is 19.6 Å². The lowest BCUT2D eigenvalue weighted by Gasteiger charge is -2.08. The van der Waals surface area contributed by atoms with Gasteiger partial charge in [0, 0.05) is 55.9 Å². The molecule has 7 heteroatoms. The van der Waals surface area contributed by atoms with Gasteiger partial charge in [0.05, 0.1) is 5.69 Å². The molecule has 1 N–H and O–H groups in total. The Morgan fingerprint density at radius 2 is 1.88 bits per heavy atom. The van der Waals surface area contributed by atoms with Crippen LogP contribution in [0.1, 0.15) is 18.4 Å². The zero-order valence-electron chi connectivity index (χ0n) is 14.2. The van der Waals surface area contributed by atoms with Gasteiger partial charge in [-0.25, -0.2) is 4.68 Å². The molecule has 3 aromatic rings. The quantitative estimate of drug-likeness (QED) is 0.702. The Hall–Kier alpha value is -3.35. The molecule has 26 heavy (non-hydrogen) atoms. The second-order valence-electron chi connectivity index (χ2n) is 5.76. The molecule has 1 amide bonds. The molecule has 0 saturated heterocycles. The van der Waals surface area contributed by atoms with Crippen LogP contribution in [0.3, 0.4) is 0 Å². The van der Waals surface area contributed by atoms with Crippen LogP contribution in [0.2, 0.25) is 0 Å². The summed E-state index contributed by atoms with van der Waals surface area (Å²) in [6.07, 6.45) is 7.63. The Balaban J connectivity index is 1.53. The summed E-state index contributed by atoms with van der Waals surface area (Å²) in [5, 5.41) is 7.21. The molecule has 0 unspecified atom stereocenters. The third kappa shape index (κ3) is 4.83. The van der Waals surface area contributed by atoms with Crippen LogP contribution in [0.15, 0.2) is 66.0 Å². The van der Waals surface area contributed by atoms with Crippen LogP contribution in [0.25, 0.3) is 11.3 Å². The molecule has 0 spiro atoms. The van der Waals surface area contributed by atoms with Crippen molar-refractivity contribution in [3.8, 4) is 11.3 Å². The highest BCUT2D eigenvalue weighted by atomic mass is 16.1. The highest BCUT2D eigenvalue weighted by molar-refractivity contribution is 5.75. The van der Waals surface area contributed by atoms with Crippen molar-refractivity contribution in [1.82, 2.24) is 25.1 Å². The van der Waals surface area contributed by atoms with Crippen molar-refractivity contribution in [2.75, 3.05) is 0 Å². The average Bonchev–Trinajstić information content (AvgIpc) is 2.69. The van der Waals surface area contributed by atoms with E-state index in [0.29, 0.717) is 31.6 Å². The molecule has 0 aromatic carbocycles. The summed E-state index contributed by atoms with van der Waals surface area (Å²) in [6, 6.07) is 10.6. The molecule has 0 saturated carbocycles. The van der Waals surface area contributed by atoms with E-state index in [4.69, 9.17) is 0 Å². The molecular formula is C19H19N5O2. The minimum Gasteiger partial charge on any atom is -0.352 e. The maximum Gasteiger partial charge on any atom is 0.266 e. The van der Waals surface area contributed by atoms with Crippen molar-refractivity contribution in [2.45, 2.75) is 25.9 Å². The van der Waals surface area contributed by atoms with E-state index in [1.54, 1.807) is 30.9 Å². The number of nitrogens with zero attached hydrogens (tertiary/aromatic N) is 4. The highest BCUT2D eigenvalue weighted by Crippen LogP contribution is 2.13. The van der Waals surface area contributed by atoms with Crippen LogP contribution in [0.5, 0.6) is 0 Å². The maximum atomic E-state index is 12.0. The second kappa shape index (κ2) is 8.66. The normalized spacial score (nSPS) is 10.5. The fourth-order valence-electron chi connectivity index (χ4n) is 2.47. The summed E-state index contributed by atoms with van der Waals surface area (Å²) in [5.74, 6) is -0.0628. The highest BCUT2D eigenvalue weighted by Gasteiger charge is 2.05. The largest absolute Gasteiger partial charge is 0.352 e. The number of pyridine rings is 2. The molecule has 7 nitrogen and oxygen atoms in total. The molecule has 0 aliphatic heterocycles. The number of carbonyl (C=O) groups excluding carboxylic acids is 1. The van der Waals surface area contributed by atoms with Crippen molar-refractivity contribution in [1.29, 1.82) is 0 Å². The Kier molecular flexibility index (Phi) is 5.82. The van der Waals surface area contributed by atoms with Gasteiger partial charge in [0.1, 0.15) is 0 Å². The van der Waals surface area contributed by atoms with Gasteiger partial charge in [0.2, 0.25) is 5.91 Å². The molecule has 3 heterocycles. The Bertz CT molecular complexity index is 910. The van der Waals surface area contributed by atoms with Crippen LogP contribution >= 0.6 is 0 Å². The topological polar surface area (TPSA) is 89.8 Å². The first-order chi connectivity index (χ1) is 12.7. The van der Waals surface area contributed by atoms with Gasteiger partial charge in [-0.15, -0.1) is 0 Å². The first-order valence-corrected chi connectivity index (χ1v) is 8.36. The number of nitrogens with one attached hydrogen (secondary N) is 1. The number of aromatic nitrogens is 4. The fourth-order valence-corrected chi connectivity index (χ4v) is 2.47. The Labute approximate surface area is 150 Å². The van der Waals surface area contributed by atoms with Crippen LogP contribution in [-0.2, 0) is 17.9 Å². The summed E-state index contributed by atoms with van der Waals surface area (Å²) in [4.78, 5) is 31.9. The van der Waals surface area contributed by atoms with Crippen molar-refractivity contribution >= 4 is 5.91 Å². The Morgan fingerprint density at radius 1 is 1.04 bits per heavy atom. The SMILES string of the molecule is O=C(CCCn1nc(-c2ccncc2)ccc1=O)NCc1cccnc1. The van der Waals surface area contributed by atoms with E-state index in [-0.39, 0.29) is 11.5 Å². The van der Waals surface area contributed by atoms with Crippen molar-refractivity contribution < 1.29 is 4.79 Å². The number of hydrogen-bond donors (Lipinski definition) is 1. The average molecular weight is 349 g/mol. The lowest BCUT2D eigenvalue weighted by atomic mass is 10.2. The number of hydrogen-bond acceptors (Lipinski definition) is 5. The third-order valence-corrected chi connectivity index (χ3v) is 3.83. The summed E-state index contributed by atoms with van der Waals surface area (Å²) in [5.41, 5.74) is 2.36. The first kappa shape index (κ1) is 17.5. The monoisotopic (exact) mass is 349 g/mol. The lowest BCUT2D eigenvalue weighted by molar-refractivity contribution is -0.121. The summed E-state index contributed by atoms with van der Waals surface area (Å²) < 4.78 is 1.39. The van der Waals surface area contributed by atoms with Crippen LogP contribution < -0.4 is 10.9 Å². The van der Waals surface area contributed by atoms with Gasteiger partial charge >= 0.3 is 0 Å². The number of amides is 1. The minimum atomic E-state index is -0.182. The molecule has 3 rings (SSSR count). The van der Waals surface area contributed by atoms with E-state index < -0.39 is 0 Å². The van der Waals surface area contributed by atoms with E-state index in [1.165, 1.54) is 10.7 Å². The lowest BCUT2D eigenvalue weighted by Crippen LogP contribution is -2.25. The number of rotatable bonds is 7. The standard InChI is InChI=1S/C19H19N5O2/c25-18(22-14-15-3-1-9-21-13-15)4-2-12-24-19(26)6-5-17(23-24)16-7-10-20-11-8-16/h1,3,5-11,13H,2,4,12,14H2,(H,22,25). The number of aryl methyl sites for hydroxylation is 1. The predicted molar refractivity (Wildman–Crippen MR) is 97.0 cm³/mol. The van der Waals surface area contributed by atoms with Gasteiger partial charge < -0.3 is 5.32 Å². The first-order valence-electron chi connectivity index (χ1n) is 8.36. The van der Waals surface area contributed by atoms with E-state index in [1.807, 2.05) is 24.3 Å². The van der Waals surface area contributed by atoms with Crippen LogP contribution in [-0.4, -0.2) is 25.7 Å². The molecule has 3 aromatic heterocycles. The number of carbonyl (C=O) groups is 1. The molecule has 0 bridgehead atoms. The van der Waals surface area contributed by atoms with Gasteiger partial charge in [0.15, 0.2) is 0 Å². The summed E-state index contributed by atoms with van der Waals surface area (Å²) >= 11 is 0. The third-order valence-electron chi connectivity index (χ3n) is 3.83. The van der Waals surface area contributed by atoms with Crippen molar-refractivity contribution in [3.05, 3.63) is 77.1 Å².